The number of halogens is 5. The van der Waals surface area contributed by atoms with Crippen molar-refractivity contribution in [3.63, 3.8) is 0 Å². The minimum absolute atomic E-state index is 0.0733. The van der Waals surface area contributed by atoms with Gasteiger partial charge in [0.1, 0.15) is 11.9 Å². The third-order valence-electron chi connectivity index (χ3n) is 4.67. The maximum Gasteiger partial charge on any atom is 0.416 e. The maximum absolute atomic E-state index is 13.3. The molecule has 1 amide bonds. The van der Waals surface area contributed by atoms with Crippen molar-refractivity contribution in [3.8, 4) is 0 Å². The average Bonchev–Trinajstić information content (AvgIpc) is 2.66. The van der Waals surface area contributed by atoms with Crippen molar-refractivity contribution in [1.29, 1.82) is 0 Å². The van der Waals surface area contributed by atoms with E-state index in [1.54, 1.807) is 0 Å². The van der Waals surface area contributed by atoms with Gasteiger partial charge in [-0.25, -0.2) is 4.39 Å². The van der Waals surface area contributed by atoms with Gasteiger partial charge in [0.15, 0.2) is 0 Å². The predicted molar refractivity (Wildman–Crippen MR) is 102 cm³/mol. The molecular weight excluding hydrogens is 450 g/mol. The molecule has 0 spiro atoms. The van der Waals surface area contributed by atoms with Crippen LogP contribution in [-0.4, -0.2) is 31.7 Å². The van der Waals surface area contributed by atoms with Crippen molar-refractivity contribution in [2.45, 2.75) is 24.7 Å². The fraction of sp³-hybridized carbons (Fsp3) is 0.278. The molecule has 0 bridgehead atoms. The second kappa shape index (κ2) is 8.14. The van der Waals surface area contributed by atoms with Gasteiger partial charge in [-0.3, -0.25) is 4.79 Å². The number of benzene rings is 2. The second-order valence-corrected chi connectivity index (χ2v) is 8.85. The zero-order valence-electron chi connectivity index (χ0n) is 15.4. The first kappa shape index (κ1) is 22.5. The van der Waals surface area contributed by atoms with Crippen LogP contribution in [0.1, 0.15) is 23.6 Å². The lowest BCUT2D eigenvalue weighted by Crippen LogP contribution is -2.55. The molecule has 2 aromatic rings. The summed E-state index contributed by atoms with van der Waals surface area (Å²) < 4.78 is 80.3. The Hall–Kier alpha value is -2.21. The van der Waals surface area contributed by atoms with E-state index >= 15 is 0 Å². The van der Waals surface area contributed by atoms with Crippen LogP contribution >= 0.6 is 11.6 Å². The van der Waals surface area contributed by atoms with Crippen molar-refractivity contribution in [2.24, 2.45) is 0 Å². The molecule has 2 aromatic carbocycles. The van der Waals surface area contributed by atoms with Crippen molar-refractivity contribution >= 4 is 33.4 Å². The molecule has 0 radical (unpaired) electrons. The average molecular weight is 466 g/mol. The van der Waals surface area contributed by atoms with Crippen LogP contribution in [0.25, 0.3) is 0 Å². The number of amides is 1. The van der Waals surface area contributed by atoms with Crippen LogP contribution in [-0.2, 0) is 21.2 Å². The van der Waals surface area contributed by atoms with Gasteiger partial charge in [0.2, 0.25) is 5.91 Å². The first-order valence-corrected chi connectivity index (χ1v) is 10.4. The number of carbonyl (C=O) groups excluding carboxylic acids is 1. The summed E-state index contributed by atoms with van der Waals surface area (Å²) in [7, 11) is -2.98. The SMILES string of the molecule is CN1C(C(=O)Nc2ccc(F)c(Cl)c2)C[C@@H](c2cccc(C(F)(F)F)c2)NS1(=O)=O. The van der Waals surface area contributed by atoms with E-state index in [9.17, 15) is 30.8 Å². The summed E-state index contributed by atoms with van der Waals surface area (Å²) in [5.74, 6) is -1.43. The highest BCUT2D eigenvalue weighted by Crippen LogP contribution is 2.34. The molecule has 1 aliphatic heterocycles. The highest BCUT2D eigenvalue weighted by molar-refractivity contribution is 7.87. The number of hydrogen-bond acceptors (Lipinski definition) is 3. The van der Waals surface area contributed by atoms with Crippen LogP contribution in [0, 0.1) is 5.82 Å². The van der Waals surface area contributed by atoms with Crippen LogP contribution in [0.3, 0.4) is 0 Å². The zero-order valence-corrected chi connectivity index (χ0v) is 16.9. The van der Waals surface area contributed by atoms with E-state index in [1.807, 2.05) is 0 Å². The van der Waals surface area contributed by atoms with Gasteiger partial charge in [0.25, 0.3) is 10.2 Å². The summed E-state index contributed by atoms with van der Waals surface area (Å²) in [6, 6.07) is 5.39. The van der Waals surface area contributed by atoms with E-state index in [4.69, 9.17) is 11.6 Å². The van der Waals surface area contributed by atoms with E-state index in [0.717, 1.165) is 28.6 Å². The number of rotatable bonds is 3. The molecule has 0 aromatic heterocycles. The van der Waals surface area contributed by atoms with Crippen molar-refractivity contribution < 1.29 is 30.8 Å². The van der Waals surface area contributed by atoms with Gasteiger partial charge in [-0.15, -0.1) is 0 Å². The highest BCUT2D eigenvalue weighted by Gasteiger charge is 2.41. The number of alkyl halides is 3. The zero-order chi connectivity index (χ0) is 22.3. The Morgan fingerprint density at radius 2 is 1.93 bits per heavy atom. The topological polar surface area (TPSA) is 78.5 Å². The molecule has 1 saturated heterocycles. The van der Waals surface area contributed by atoms with E-state index in [2.05, 4.69) is 10.0 Å². The van der Waals surface area contributed by atoms with Gasteiger partial charge in [-0.1, -0.05) is 23.7 Å². The summed E-state index contributed by atoms with van der Waals surface area (Å²) in [4.78, 5) is 12.7. The molecule has 1 heterocycles. The van der Waals surface area contributed by atoms with Crippen LogP contribution in [0.15, 0.2) is 42.5 Å². The van der Waals surface area contributed by atoms with Gasteiger partial charge in [0.05, 0.1) is 10.6 Å². The molecule has 2 atom stereocenters. The molecule has 1 unspecified atom stereocenters. The Morgan fingerprint density at radius 1 is 1.23 bits per heavy atom. The maximum atomic E-state index is 13.3. The van der Waals surface area contributed by atoms with Gasteiger partial charge < -0.3 is 5.32 Å². The molecule has 30 heavy (non-hydrogen) atoms. The van der Waals surface area contributed by atoms with Crippen molar-refractivity contribution in [3.05, 3.63) is 64.4 Å². The van der Waals surface area contributed by atoms with E-state index in [1.165, 1.54) is 25.2 Å². The first-order chi connectivity index (χ1) is 13.9. The normalized spacial score (nSPS) is 21.9. The predicted octanol–water partition coefficient (Wildman–Crippen LogP) is 3.72. The van der Waals surface area contributed by atoms with Gasteiger partial charge in [0, 0.05) is 18.8 Å². The summed E-state index contributed by atoms with van der Waals surface area (Å²) in [5.41, 5.74) is -0.712. The van der Waals surface area contributed by atoms with Crippen LogP contribution in [0.5, 0.6) is 0 Å². The number of likely N-dealkylation sites (N-methyl/N-ethyl adjacent to an activating group) is 1. The lowest BCUT2D eigenvalue weighted by atomic mass is 9.97. The molecular formula is C18H16ClF4N3O3S. The molecule has 162 valence electrons. The standard InChI is InChI=1S/C18H16ClF4N3O3S/c1-26-16(17(27)24-12-5-6-14(20)13(19)8-12)9-15(25-30(26,28)29)10-3-2-4-11(7-10)18(21,22)23/h2-8,15-16,25H,9H2,1H3,(H,24,27)/t15-,16?/m0/s1. The third kappa shape index (κ3) is 4.75. The number of nitrogens with one attached hydrogen (secondary N) is 2. The third-order valence-corrected chi connectivity index (χ3v) is 6.56. The quantitative estimate of drug-likeness (QED) is 0.678. The van der Waals surface area contributed by atoms with Gasteiger partial charge in [-0.05, 0) is 42.3 Å². The Labute approximate surface area is 175 Å². The molecule has 1 fully saturated rings. The molecule has 0 aliphatic carbocycles. The van der Waals surface area contributed by atoms with Crippen LogP contribution < -0.4 is 10.0 Å². The van der Waals surface area contributed by atoms with Gasteiger partial charge in [-0.2, -0.15) is 30.6 Å². The largest absolute Gasteiger partial charge is 0.416 e. The number of carbonyl (C=O) groups is 1. The molecule has 0 saturated carbocycles. The fourth-order valence-electron chi connectivity index (χ4n) is 3.06. The van der Waals surface area contributed by atoms with Crippen LogP contribution in [0.4, 0.5) is 23.2 Å². The van der Waals surface area contributed by atoms with E-state index < -0.39 is 45.8 Å². The highest BCUT2D eigenvalue weighted by atomic mass is 35.5. The lowest BCUT2D eigenvalue weighted by Gasteiger charge is -2.36. The van der Waals surface area contributed by atoms with E-state index in [0.29, 0.717) is 0 Å². The summed E-state index contributed by atoms with van der Waals surface area (Å²) in [6.07, 6.45) is -4.73. The molecule has 12 heteroatoms. The van der Waals surface area contributed by atoms with Crippen LogP contribution in [0.2, 0.25) is 5.02 Å². The molecule has 6 nitrogen and oxygen atoms in total. The fourth-order valence-corrected chi connectivity index (χ4v) is 4.51. The monoisotopic (exact) mass is 465 g/mol. The number of nitrogens with zero attached hydrogens (tertiary/aromatic N) is 1. The molecule has 1 aliphatic rings. The Bertz CT molecular complexity index is 1080. The Balaban J connectivity index is 1.88. The molecule has 3 rings (SSSR count). The summed E-state index contributed by atoms with van der Waals surface area (Å²) in [6.45, 7) is 0. The summed E-state index contributed by atoms with van der Waals surface area (Å²) >= 11 is 5.68. The minimum atomic E-state index is -4.60. The van der Waals surface area contributed by atoms with Gasteiger partial charge >= 0.3 is 6.18 Å². The van der Waals surface area contributed by atoms with Crippen molar-refractivity contribution in [1.82, 2.24) is 9.03 Å². The second-order valence-electron chi connectivity index (χ2n) is 6.68. The van der Waals surface area contributed by atoms with E-state index in [-0.39, 0.29) is 22.7 Å². The molecule has 2 N–H and O–H groups in total. The number of hydrogen-bond donors (Lipinski definition) is 2. The van der Waals surface area contributed by atoms with Crippen molar-refractivity contribution in [2.75, 3.05) is 12.4 Å². The first-order valence-electron chi connectivity index (χ1n) is 8.57. The lowest BCUT2D eigenvalue weighted by molar-refractivity contribution is -0.137. The summed E-state index contributed by atoms with van der Waals surface area (Å²) in [5, 5.41) is 2.22. The minimum Gasteiger partial charge on any atom is -0.325 e. The number of anilines is 1. The smallest absolute Gasteiger partial charge is 0.325 e. The Morgan fingerprint density at radius 3 is 2.57 bits per heavy atom. The Kier molecular flexibility index (Phi) is 6.10.